The fourth-order valence-corrected chi connectivity index (χ4v) is 2.79. The number of likely N-dealkylation sites (N-methyl/N-ethyl adjacent to an activating group) is 1. The Morgan fingerprint density at radius 1 is 1.24 bits per heavy atom. The van der Waals surface area contributed by atoms with Crippen molar-refractivity contribution < 1.29 is 9.66 Å². The standard InChI is InChI=1S/C19H20N2O3.ClH/c1-20(14-16-6-9-19-17(13-16)10-12-24-19)11-2-3-15-4-7-18(8-5-15)21(22)23;/h2-9,13H,10-12,14H2,1H3;1H/b3-2+;. The summed E-state index contributed by atoms with van der Waals surface area (Å²) in [6.07, 6.45) is 5.04. The number of rotatable bonds is 6. The summed E-state index contributed by atoms with van der Waals surface area (Å²) >= 11 is 0. The van der Waals surface area contributed by atoms with Gasteiger partial charge in [-0.3, -0.25) is 15.0 Å². The third kappa shape index (κ3) is 5.05. The van der Waals surface area contributed by atoms with Gasteiger partial charge in [0.25, 0.3) is 5.69 Å². The van der Waals surface area contributed by atoms with Crippen molar-refractivity contribution in [2.75, 3.05) is 20.2 Å². The first kappa shape index (κ1) is 19.0. The smallest absolute Gasteiger partial charge is 0.269 e. The molecule has 2 aromatic carbocycles. The Morgan fingerprint density at radius 3 is 2.72 bits per heavy atom. The molecule has 0 atom stereocenters. The third-order valence-corrected chi connectivity index (χ3v) is 4.04. The second-order valence-corrected chi connectivity index (χ2v) is 5.99. The zero-order valence-corrected chi connectivity index (χ0v) is 14.9. The van der Waals surface area contributed by atoms with Crippen molar-refractivity contribution in [1.29, 1.82) is 0 Å². The summed E-state index contributed by atoms with van der Waals surface area (Å²) in [6.45, 7) is 2.47. The van der Waals surface area contributed by atoms with Gasteiger partial charge >= 0.3 is 0 Å². The van der Waals surface area contributed by atoms with Gasteiger partial charge in [-0.1, -0.05) is 24.3 Å². The Morgan fingerprint density at radius 2 is 2.00 bits per heavy atom. The molecule has 1 aliphatic rings. The average Bonchev–Trinajstić information content (AvgIpc) is 3.03. The van der Waals surface area contributed by atoms with Gasteiger partial charge in [0.2, 0.25) is 0 Å². The summed E-state index contributed by atoms with van der Waals surface area (Å²) in [5.74, 6) is 1.01. The fraction of sp³-hybridized carbons (Fsp3) is 0.263. The molecule has 0 unspecified atom stereocenters. The van der Waals surface area contributed by atoms with Gasteiger partial charge in [-0.05, 0) is 41.9 Å². The highest BCUT2D eigenvalue weighted by Gasteiger charge is 2.12. The lowest BCUT2D eigenvalue weighted by Gasteiger charge is -2.15. The normalized spacial score (nSPS) is 12.7. The van der Waals surface area contributed by atoms with Crippen LogP contribution in [-0.2, 0) is 13.0 Å². The lowest BCUT2D eigenvalue weighted by molar-refractivity contribution is -0.384. The monoisotopic (exact) mass is 360 g/mol. The van der Waals surface area contributed by atoms with Crippen molar-refractivity contribution in [2.45, 2.75) is 13.0 Å². The molecule has 6 heteroatoms. The molecule has 0 N–H and O–H groups in total. The van der Waals surface area contributed by atoms with Gasteiger partial charge in [-0.25, -0.2) is 0 Å². The molecule has 5 nitrogen and oxygen atoms in total. The van der Waals surface area contributed by atoms with Crippen LogP contribution in [0.15, 0.2) is 48.5 Å². The lowest BCUT2D eigenvalue weighted by Crippen LogP contribution is -2.17. The van der Waals surface area contributed by atoms with Crippen LogP contribution in [-0.4, -0.2) is 30.0 Å². The van der Waals surface area contributed by atoms with Crippen molar-refractivity contribution in [1.82, 2.24) is 4.90 Å². The zero-order chi connectivity index (χ0) is 16.9. The van der Waals surface area contributed by atoms with Crippen molar-refractivity contribution in [2.24, 2.45) is 0 Å². The number of nitro benzene ring substituents is 1. The molecule has 132 valence electrons. The van der Waals surface area contributed by atoms with Crippen molar-refractivity contribution >= 4 is 24.2 Å². The summed E-state index contributed by atoms with van der Waals surface area (Å²) in [5.41, 5.74) is 3.65. The average molecular weight is 361 g/mol. The summed E-state index contributed by atoms with van der Waals surface area (Å²) in [6, 6.07) is 13.0. The highest BCUT2D eigenvalue weighted by Crippen LogP contribution is 2.26. The molecule has 0 bridgehead atoms. The van der Waals surface area contributed by atoms with Gasteiger partial charge in [0.05, 0.1) is 11.5 Å². The van der Waals surface area contributed by atoms with Gasteiger partial charge in [-0.15, -0.1) is 12.4 Å². The molecule has 0 aromatic heterocycles. The number of hydrogen-bond donors (Lipinski definition) is 0. The van der Waals surface area contributed by atoms with E-state index >= 15 is 0 Å². The summed E-state index contributed by atoms with van der Waals surface area (Å²) in [5, 5.41) is 10.6. The summed E-state index contributed by atoms with van der Waals surface area (Å²) in [4.78, 5) is 12.5. The Bertz CT molecular complexity index is 760. The predicted molar refractivity (Wildman–Crippen MR) is 101 cm³/mol. The molecule has 3 rings (SSSR count). The van der Waals surface area contributed by atoms with Gasteiger partial charge in [-0.2, -0.15) is 0 Å². The minimum atomic E-state index is -0.386. The van der Waals surface area contributed by atoms with E-state index in [0.717, 1.165) is 37.4 Å². The number of hydrogen-bond acceptors (Lipinski definition) is 4. The molecule has 0 aliphatic carbocycles. The zero-order valence-electron chi connectivity index (χ0n) is 14.1. The second kappa shape index (κ2) is 8.65. The lowest BCUT2D eigenvalue weighted by atomic mass is 10.1. The summed E-state index contributed by atoms with van der Waals surface area (Å²) in [7, 11) is 2.07. The Hall–Kier alpha value is -2.37. The van der Waals surface area contributed by atoms with E-state index in [2.05, 4.69) is 36.2 Å². The number of non-ortho nitro benzene ring substituents is 1. The number of fused-ring (bicyclic) bond motifs is 1. The molecule has 0 saturated heterocycles. The molecule has 0 amide bonds. The Balaban J connectivity index is 0.00000225. The molecule has 0 radical (unpaired) electrons. The van der Waals surface area contributed by atoms with Crippen LogP contribution in [0.3, 0.4) is 0 Å². The van der Waals surface area contributed by atoms with Crippen LogP contribution in [0.1, 0.15) is 16.7 Å². The highest BCUT2D eigenvalue weighted by atomic mass is 35.5. The minimum Gasteiger partial charge on any atom is -0.493 e. The molecule has 0 spiro atoms. The van der Waals surface area contributed by atoms with Crippen molar-refractivity contribution in [3.8, 4) is 5.75 Å². The van der Waals surface area contributed by atoms with Crippen LogP contribution in [0, 0.1) is 10.1 Å². The first-order valence-corrected chi connectivity index (χ1v) is 7.96. The van der Waals surface area contributed by atoms with Crippen molar-refractivity contribution in [3.63, 3.8) is 0 Å². The van der Waals surface area contributed by atoms with Crippen LogP contribution in [0.5, 0.6) is 5.75 Å². The van der Waals surface area contributed by atoms with Gasteiger partial charge < -0.3 is 4.74 Å². The third-order valence-electron chi connectivity index (χ3n) is 4.04. The molecule has 0 saturated carbocycles. The number of benzene rings is 2. The Labute approximate surface area is 153 Å². The molecule has 2 aromatic rings. The maximum Gasteiger partial charge on any atom is 0.269 e. The van der Waals surface area contributed by atoms with Gasteiger partial charge in [0.1, 0.15) is 5.75 Å². The van der Waals surface area contributed by atoms with E-state index in [1.165, 1.54) is 23.3 Å². The summed E-state index contributed by atoms with van der Waals surface area (Å²) < 4.78 is 5.53. The first-order chi connectivity index (χ1) is 11.6. The number of nitro groups is 1. The maximum atomic E-state index is 10.6. The van der Waals surface area contributed by atoms with E-state index in [1.54, 1.807) is 12.1 Å². The first-order valence-electron chi connectivity index (χ1n) is 7.96. The minimum absolute atomic E-state index is 0. The number of halogens is 1. The molecule has 1 aliphatic heterocycles. The van der Waals surface area contributed by atoms with E-state index in [1.807, 2.05) is 6.08 Å². The van der Waals surface area contributed by atoms with E-state index < -0.39 is 0 Å². The van der Waals surface area contributed by atoms with E-state index in [4.69, 9.17) is 4.74 Å². The molecular weight excluding hydrogens is 340 g/mol. The van der Waals surface area contributed by atoms with Gasteiger partial charge in [0, 0.05) is 31.6 Å². The second-order valence-electron chi connectivity index (χ2n) is 5.99. The fourth-order valence-electron chi connectivity index (χ4n) is 2.79. The Kier molecular flexibility index (Phi) is 6.56. The predicted octanol–water partition coefficient (Wildman–Crippen LogP) is 4.10. The van der Waals surface area contributed by atoms with Crippen LogP contribution < -0.4 is 4.74 Å². The van der Waals surface area contributed by atoms with Crippen LogP contribution >= 0.6 is 12.4 Å². The topological polar surface area (TPSA) is 55.6 Å². The molecule has 0 fully saturated rings. The number of ether oxygens (including phenoxy) is 1. The van der Waals surface area contributed by atoms with Gasteiger partial charge in [0.15, 0.2) is 0 Å². The maximum absolute atomic E-state index is 10.6. The molecule has 1 heterocycles. The largest absolute Gasteiger partial charge is 0.493 e. The van der Waals surface area contributed by atoms with Crippen molar-refractivity contribution in [3.05, 3.63) is 75.3 Å². The van der Waals surface area contributed by atoms with Crippen LogP contribution in [0.25, 0.3) is 6.08 Å². The number of nitrogens with zero attached hydrogens (tertiary/aromatic N) is 2. The van der Waals surface area contributed by atoms with E-state index in [0.29, 0.717) is 0 Å². The molecule has 25 heavy (non-hydrogen) atoms. The SMILES string of the molecule is CN(C/C=C/c1ccc([N+](=O)[O-])cc1)Cc1ccc2c(c1)CCO2.Cl. The van der Waals surface area contributed by atoms with Crippen LogP contribution in [0.4, 0.5) is 5.69 Å². The highest BCUT2D eigenvalue weighted by molar-refractivity contribution is 5.85. The van der Waals surface area contributed by atoms with E-state index in [-0.39, 0.29) is 23.0 Å². The van der Waals surface area contributed by atoms with E-state index in [9.17, 15) is 10.1 Å². The van der Waals surface area contributed by atoms with Crippen LogP contribution in [0.2, 0.25) is 0 Å². The molecular formula is C19H21ClN2O3. The quantitative estimate of drug-likeness (QED) is 0.575.